The zero-order valence-electron chi connectivity index (χ0n) is 33.1. The van der Waals surface area contributed by atoms with Crippen LogP contribution in [-0.2, 0) is 16.1 Å². The van der Waals surface area contributed by atoms with E-state index in [2.05, 4.69) is 17.4 Å². The summed E-state index contributed by atoms with van der Waals surface area (Å²) < 4.78 is 24.4. The highest BCUT2D eigenvalue weighted by molar-refractivity contribution is 6.34. The van der Waals surface area contributed by atoms with Gasteiger partial charge in [0.15, 0.2) is 17.3 Å². The highest BCUT2D eigenvalue weighted by Crippen LogP contribution is 2.35. The van der Waals surface area contributed by atoms with Gasteiger partial charge in [-0.3, -0.25) is 14.2 Å². The molecule has 3 heterocycles. The molecule has 1 amide bonds. The smallest absolute Gasteiger partial charge is 0.338 e. The Kier molecular flexibility index (Phi) is 14.1. The number of fused-ring (bicyclic) bond motifs is 3. The first-order valence-corrected chi connectivity index (χ1v) is 20.3. The van der Waals surface area contributed by atoms with Gasteiger partial charge >= 0.3 is 11.7 Å². The van der Waals surface area contributed by atoms with Crippen LogP contribution in [0.4, 0.5) is 5.69 Å². The van der Waals surface area contributed by atoms with Crippen LogP contribution in [0.3, 0.4) is 0 Å². The van der Waals surface area contributed by atoms with E-state index in [1.165, 1.54) is 56.7 Å². The zero-order chi connectivity index (χ0) is 41.2. The molecule has 0 fully saturated rings. The molecule has 0 saturated carbocycles. The molecule has 0 spiro atoms. The number of esters is 1. The number of nitrogens with zero attached hydrogens (tertiary/aromatic N) is 3. The standard InChI is InChI=1S/C44H49ClN4O9/c1-4-6-7-8-9-10-11-12-13-17-24-56-43(53)30-20-22-33(45)34(26-30)46-40(51)37(38(50)36-31-21-23-35-32(25-28(3)57-35)39(31)58-47-36)49-41(52)42(55-5-2)48(44(49)54)27-29-18-15-14-16-19-29/h14-16,18-23,25-26,37,52H,4-13,17,24,27H2,1-3H3,(H,46,51). The number of furan rings is 1. The zero-order valence-corrected chi connectivity index (χ0v) is 33.8. The van der Waals surface area contributed by atoms with Crippen molar-refractivity contribution in [3.8, 4) is 11.8 Å². The number of unbranched alkanes of at least 4 members (excludes halogenated alkanes) is 9. The van der Waals surface area contributed by atoms with Gasteiger partial charge in [0.1, 0.15) is 11.3 Å². The molecular weight excluding hydrogens is 764 g/mol. The van der Waals surface area contributed by atoms with Crippen molar-refractivity contribution in [3.63, 3.8) is 0 Å². The first-order chi connectivity index (χ1) is 28.1. The lowest BCUT2D eigenvalue weighted by Gasteiger charge is -2.17. The molecule has 6 aromatic rings. The summed E-state index contributed by atoms with van der Waals surface area (Å²) in [7, 11) is 0. The summed E-state index contributed by atoms with van der Waals surface area (Å²) in [4.78, 5) is 56.5. The van der Waals surface area contributed by atoms with Crippen LogP contribution in [0.1, 0.15) is 116 Å². The maximum atomic E-state index is 14.6. The number of nitrogens with one attached hydrogen (secondary N) is 1. The normalized spacial score (nSPS) is 11.9. The van der Waals surface area contributed by atoms with Crippen molar-refractivity contribution in [2.75, 3.05) is 18.5 Å². The molecule has 58 heavy (non-hydrogen) atoms. The van der Waals surface area contributed by atoms with Crippen LogP contribution < -0.4 is 15.7 Å². The number of hydrogen-bond donors (Lipinski definition) is 2. The molecule has 0 aliphatic rings. The van der Waals surface area contributed by atoms with Crippen molar-refractivity contribution in [1.29, 1.82) is 0 Å². The van der Waals surface area contributed by atoms with Crippen molar-refractivity contribution >= 4 is 56.9 Å². The van der Waals surface area contributed by atoms with Crippen molar-refractivity contribution in [2.45, 2.75) is 97.6 Å². The lowest BCUT2D eigenvalue weighted by atomic mass is 10.0. The minimum atomic E-state index is -2.05. The molecule has 0 bridgehead atoms. The van der Waals surface area contributed by atoms with Crippen LogP contribution >= 0.6 is 11.6 Å². The quantitative estimate of drug-likeness (QED) is 0.0309. The number of ether oxygens (including phenoxy) is 2. The Morgan fingerprint density at radius 1 is 0.897 bits per heavy atom. The van der Waals surface area contributed by atoms with Crippen LogP contribution in [-0.4, -0.2) is 50.3 Å². The first kappa shape index (κ1) is 41.8. The van der Waals surface area contributed by atoms with Crippen molar-refractivity contribution in [3.05, 3.63) is 105 Å². The topological polar surface area (TPSA) is 168 Å². The average Bonchev–Trinajstić information content (AvgIpc) is 3.89. The van der Waals surface area contributed by atoms with Gasteiger partial charge in [-0.2, -0.15) is 0 Å². The molecule has 13 nitrogen and oxygen atoms in total. The second kappa shape index (κ2) is 19.6. The van der Waals surface area contributed by atoms with Crippen molar-refractivity contribution in [2.24, 2.45) is 0 Å². The van der Waals surface area contributed by atoms with E-state index in [4.69, 9.17) is 30.0 Å². The second-order valence-corrected chi connectivity index (χ2v) is 14.7. The molecule has 1 unspecified atom stereocenters. The number of aryl methyl sites for hydroxylation is 1. The van der Waals surface area contributed by atoms with Gasteiger partial charge in [0.25, 0.3) is 17.7 Å². The third kappa shape index (κ3) is 9.47. The summed E-state index contributed by atoms with van der Waals surface area (Å²) in [5.41, 5.74) is 0.335. The molecule has 306 valence electrons. The number of carbonyl (C=O) groups excluding carboxylic acids is 3. The molecular formula is C44H49ClN4O9. The van der Waals surface area contributed by atoms with Gasteiger partial charge in [-0.25, -0.2) is 14.2 Å². The van der Waals surface area contributed by atoms with Crippen LogP contribution in [0.5, 0.6) is 11.8 Å². The van der Waals surface area contributed by atoms with E-state index in [0.717, 1.165) is 30.3 Å². The summed E-state index contributed by atoms with van der Waals surface area (Å²) >= 11 is 6.53. The van der Waals surface area contributed by atoms with Gasteiger partial charge < -0.3 is 28.8 Å². The Balaban J connectivity index is 1.27. The predicted molar refractivity (Wildman–Crippen MR) is 221 cm³/mol. The Morgan fingerprint density at radius 3 is 2.31 bits per heavy atom. The van der Waals surface area contributed by atoms with E-state index in [-0.39, 0.29) is 58.6 Å². The predicted octanol–water partition coefficient (Wildman–Crippen LogP) is 9.79. The first-order valence-electron chi connectivity index (χ1n) is 19.9. The number of hydrogen-bond acceptors (Lipinski definition) is 10. The van der Waals surface area contributed by atoms with E-state index in [1.54, 1.807) is 56.3 Å². The largest absolute Gasteiger partial charge is 0.491 e. The lowest BCUT2D eigenvalue weighted by molar-refractivity contribution is -0.118. The number of ketones is 1. The fraction of sp³-hybridized carbons (Fsp3) is 0.386. The highest BCUT2D eigenvalue weighted by Gasteiger charge is 2.39. The summed E-state index contributed by atoms with van der Waals surface area (Å²) in [5, 5.41) is 19.1. The van der Waals surface area contributed by atoms with Crippen LogP contribution in [0.15, 0.2) is 80.5 Å². The van der Waals surface area contributed by atoms with Gasteiger partial charge in [-0.05, 0) is 62.2 Å². The Labute approximate surface area is 340 Å². The van der Waals surface area contributed by atoms with E-state index >= 15 is 0 Å². The van der Waals surface area contributed by atoms with E-state index in [0.29, 0.717) is 26.9 Å². The minimum absolute atomic E-state index is 0.0280. The fourth-order valence-corrected chi connectivity index (χ4v) is 7.20. The van der Waals surface area contributed by atoms with E-state index in [1.807, 2.05) is 6.07 Å². The monoisotopic (exact) mass is 812 g/mol. The Hall–Kier alpha value is -5.82. The number of carbonyl (C=O) groups is 3. The summed E-state index contributed by atoms with van der Waals surface area (Å²) in [6.45, 7) is 5.89. The maximum absolute atomic E-state index is 14.6. The molecule has 0 aliphatic carbocycles. The lowest BCUT2D eigenvalue weighted by Crippen LogP contribution is -2.39. The third-order valence-corrected chi connectivity index (χ3v) is 10.3. The second-order valence-electron chi connectivity index (χ2n) is 14.3. The van der Waals surface area contributed by atoms with E-state index < -0.39 is 35.3 Å². The molecule has 0 radical (unpaired) electrons. The molecule has 3 aromatic carbocycles. The number of halogens is 1. The molecule has 0 aliphatic heterocycles. The SMILES string of the molecule is CCCCCCCCCCCCOC(=O)c1ccc(Cl)c(NC(=O)C(C(=O)c2noc3c2ccc2oc(C)cc23)n2c(O)c(OCC)n(Cc3ccccc3)c2=O)c1. The Bertz CT molecular complexity index is 2430. The molecule has 6 rings (SSSR count). The minimum Gasteiger partial charge on any atom is -0.491 e. The van der Waals surface area contributed by atoms with Gasteiger partial charge in [0, 0.05) is 0 Å². The molecule has 2 N–H and O–H groups in total. The van der Waals surface area contributed by atoms with Gasteiger partial charge in [0.05, 0.1) is 46.8 Å². The highest BCUT2D eigenvalue weighted by atomic mass is 35.5. The molecule has 14 heteroatoms. The number of aromatic nitrogens is 3. The van der Waals surface area contributed by atoms with Crippen LogP contribution in [0.2, 0.25) is 5.02 Å². The molecule has 0 saturated heterocycles. The fourth-order valence-electron chi connectivity index (χ4n) is 7.03. The number of benzene rings is 3. The number of anilines is 1. The summed E-state index contributed by atoms with van der Waals surface area (Å²) in [6, 6.07) is 16.1. The maximum Gasteiger partial charge on any atom is 0.338 e. The Morgan fingerprint density at radius 2 is 1.60 bits per heavy atom. The van der Waals surface area contributed by atoms with E-state index in [9.17, 15) is 24.3 Å². The van der Waals surface area contributed by atoms with Crippen molar-refractivity contribution in [1.82, 2.24) is 14.3 Å². The number of amides is 1. The van der Waals surface area contributed by atoms with Crippen LogP contribution in [0, 0.1) is 6.92 Å². The van der Waals surface area contributed by atoms with Crippen molar-refractivity contribution < 1.29 is 37.9 Å². The van der Waals surface area contributed by atoms with Gasteiger partial charge in [-0.1, -0.05) is 112 Å². The summed E-state index contributed by atoms with van der Waals surface area (Å²) in [6.07, 6.45) is 11.4. The summed E-state index contributed by atoms with van der Waals surface area (Å²) in [5.74, 6) is -3.04. The molecule has 1 atom stereocenters. The number of rotatable bonds is 21. The van der Waals surface area contributed by atoms with Gasteiger partial charge in [0.2, 0.25) is 5.78 Å². The average molecular weight is 813 g/mol. The molecule has 3 aromatic heterocycles. The third-order valence-electron chi connectivity index (χ3n) is 10.0. The number of aromatic hydroxyl groups is 1. The van der Waals surface area contributed by atoms with Gasteiger partial charge in [-0.15, -0.1) is 0 Å². The van der Waals surface area contributed by atoms with Crippen LogP contribution in [0.25, 0.3) is 21.9 Å². The number of imidazole rings is 1. The number of Topliss-reactive ketones (excluding diaryl/α,β-unsaturated/α-hetero) is 1.